The van der Waals surface area contributed by atoms with E-state index < -0.39 is 17.5 Å². The van der Waals surface area contributed by atoms with Gasteiger partial charge in [-0.05, 0) is 31.0 Å². The van der Waals surface area contributed by atoms with Crippen LogP contribution in [0.25, 0.3) is 0 Å². The van der Waals surface area contributed by atoms with E-state index in [2.05, 4.69) is 5.32 Å². The van der Waals surface area contributed by atoms with Crippen molar-refractivity contribution in [2.45, 2.75) is 18.9 Å². The molecule has 5 nitrogen and oxygen atoms in total. The van der Waals surface area contributed by atoms with Crippen LogP contribution in [-0.4, -0.2) is 35.8 Å². The minimum atomic E-state index is -1.13. The lowest BCUT2D eigenvalue weighted by Gasteiger charge is -2.32. The maximum Gasteiger partial charge on any atom is 0.257 e. The van der Waals surface area contributed by atoms with Crippen molar-refractivity contribution in [3.05, 3.63) is 58.5 Å². The molecular weight excluding hydrogens is 354 g/mol. The van der Waals surface area contributed by atoms with Gasteiger partial charge in [0.05, 0.1) is 22.4 Å². The van der Waals surface area contributed by atoms with E-state index >= 15 is 0 Å². The van der Waals surface area contributed by atoms with Crippen molar-refractivity contribution in [2.24, 2.45) is 0 Å². The van der Waals surface area contributed by atoms with Gasteiger partial charge >= 0.3 is 0 Å². The van der Waals surface area contributed by atoms with Gasteiger partial charge in [-0.1, -0.05) is 11.6 Å². The number of amides is 2. The standard InChI is InChI=1S/C17H15ClF2N2O3/c18-13-8-15(20)14(19)7-12(13)16(23)21-11-1-4-22(5-2-11)17(24)10-3-6-25-9-10/h3,6-9,11H,1-2,4-5H2,(H,21,23). The highest BCUT2D eigenvalue weighted by Crippen LogP contribution is 2.21. The number of hydrogen-bond donors (Lipinski definition) is 1. The first-order chi connectivity index (χ1) is 12.0. The molecule has 0 spiro atoms. The second-order valence-electron chi connectivity index (χ2n) is 5.80. The average molecular weight is 369 g/mol. The van der Waals surface area contributed by atoms with Crippen LogP contribution in [0, 0.1) is 11.6 Å². The molecule has 0 saturated carbocycles. The smallest absolute Gasteiger partial charge is 0.257 e. The Morgan fingerprint density at radius 2 is 1.88 bits per heavy atom. The van der Waals surface area contributed by atoms with Crippen LogP contribution in [0.3, 0.4) is 0 Å². The Labute approximate surface area is 147 Å². The third-order valence-corrected chi connectivity index (χ3v) is 4.45. The van der Waals surface area contributed by atoms with Crippen LogP contribution in [0.2, 0.25) is 5.02 Å². The average Bonchev–Trinajstić information content (AvgIpc) is 3.12. The fourth-order valence-corrected chi connectivity index (χ4v) is 2.99. The number of rotatable bonds is 3. The number of furan rings is 1. The first kappa shape index (κ1) is 17.4. The zero-order chi connectivity index (χ0) is 18.0. The number of piperidine rings is 1. The first-order valence-electron chi connectivity index (χ1n) is 7.72. The minimum Gasteiger partial charge on any atom is -0.472 e. The van der Waals surface area contributed by atoms with E-state index in [-0.39, 0.29) is 22.5 Å². The maximum absolute atomic E-state index is 13.3. The van der Waals surface area contributed by atoms with Crippen LogP contribution in [0.15, 0.2) is 35.1 Å². The number of hydrogen-bond acceptors (Lipinski definition) is 3. The Morgan fingerprint density at radius 1 is 1.20 bits per heavy atom. The van der Waals surface area contributed by atoms with Gasteiger partial charge in [0.15, 0.2) is 11.6 Å². The summed E-state index contributed by atoms with van der Waals surface area (Å²) in [4.78, 5) is 26.1. The van der Waals surface area contributed by atoms with Crippen LogP contribution in [0.4, 0.5) is 8.78 Å². The van der Waals surface area contributed by atoms with Gasteiger partial charge in [0.25, 0.3) is 11.8 Å². The summed E-state index contributed by atoms with van der Waals surface area (Å²) in [5.74, 6) is -2.92. The van der Waals surface area contributed by atoms with E-state index in [4.69, 9.17) is 16.0 Å². The van der Waals surface area contributed by atoms with Crippen molar-refractivity contribution in [3.63, 3.8) is 0 Å². The van der Waals surface area contributed by atoms with E-state index in [1.165, 1.54) is 12.5 Å². The lowest BCUT2D eigenvalue weighted by molar-refractivity contribution is 0.0697. The molecule has 25 heavy (non-hydrogen) atoms. The molecule has 1 N–H and O–H groups in total. The molecule has 0 atom stereocenters. The van der Waals surface area contributed by atoms with Gasteiger partial charge in [-0.2, -0.15) is 0 Å². The van der Waals surface area contributed by atoms with Crippen LogP contribution >= 0.6 is 11.6 Å². The zero-order valence-electron chi connectivity index (χ0n) is 13.1. The molecule has 1 aliphatic rings. The largest absolute Gasteiger partial charge is 0.472 e. The number of nitrogens with zero attached hydrogens (tertiary/aromatic N) is 1. The zero-order valence-corrected chi connectivity index (χ0v) is 13.9. The molecule has 2 heterocycles. The predicted molar refractivity (Wildman–Crippen MR) is 86.5 cm³/mol. The van der Waals surface area contributed by atoms with Crippen LogP contribution in [0.5, 0.6) is 0 Å². The van der Waals surface area contributed by atoms with Crippen molar-refractivity contribution in [3.8, 4) is 0 Å². The molecular formula is C17H15ClF2N2O3. The fourth-order valence-electron chi connectivity index (χ4n) is 2.76. The normalized spacial score (nSPS) is 15.2. The quantitative estimate of drug-likeness (QED) is 0.846. The molecule has 1 fully saturated rings. The van der Waals surface area contributed by atoms with E-state index in [1.807, 2.05) is 0 Å². The Morgan fingerprint density at radius 3 is 2.52 bits per heavy atom. The van der Waals surface area contributed by atoms with Gasteiger partial charge in [-0.15, -0.1) is 0 Å². The fraction of sp³-hybridized carbons (Fsp3) is 0.294. The molecule has 3 rings (SSSR count). The lowest BCUT2D eigenvalue weighted by Crippen LogP contribution is -2.46. The molecule has 1 saturated heterocycles. The van der Waals surface area contributed by atoms with Gasteiger partial charge in [0, 0.05) is 19.1 Å². The second-order valence-corrected chi connectivity index (χ2v) is 6.21. The lowest BCUT2D eigenvalue weighted by atomic mass is 10.0. The second kappa shape index (κ2) is 7.23. The molecule has 1 aliphatic heterocycles. The van der Waals surface area contributed by atoms with Crippen molar-refractivity contribution in [1.82, 2.24) is 10.2 Å². The number of carbonyl (C=O) groups is 2. The Hall–Kier alpha value is -2.41. The summed E-state index contributed by atoms with van der Waals surface area (Å²) in [7, 11) is 0. The van der Waals surface area contributed by atoms with E-state index in [9.17, 15) is 18.4 Å². The number of carbonyl (C=O) groups excluding carboxylic acids is 2. The highest BCUT2D eigenvalue weighted by atomic mass is 35.5. The SMILES string of the molecule is O=C(NC1CCN(C(=O)c2ccoc2)CC1)c1cc(F)c(F)cc1Cl. The Balaban J connectivity index is 1.58. The van der Waals surface area contributed by atoms with Gasteiger partial charge in [0.1, 0.15) is 6.26 Å². The van der Waals surface area contributed by atoms with E-state index in [0.29, 0.717) is 31.5 Å². The van der Waals surface area contributed by atoms with E-state index in [0.717, 1.165) is 12.1 Å². The molecule has 0 aliphatic carbocycles. The van der Waals surface area contributed by atoms with Gasteiger partial charge < -0.3 is 14.6 Å². The summed E-state index contributed by atoms with van der Waals surface area (Å²) in [6.07, 6.45) is 3.93. The Kier molecular flexibility index (Phi) is 5.03. The molecule has 1 aromatic heterocycles. The summed E-state index contributed by atoms with van der Waals surface area (Å²) in [6.45, 7) is 0.945. The molecule has 0 unspecified atom stereocenters. The third kappa shape index (κ3) is 3.82. The van der Waals surface area contributed by atoms with Gasteiger partial charge in [0.2, 0.25) is 0 Å². The number of likely N-dealkylation sites (tertiary alicyclic amines) is 1. The predicted octanol–water partition coefficient (Wildman–Crippen LogP) is 3.25. The highest BCUT2D eigenvalue weighted by Gasteiger charge is 2.26. The topological polar surface area (TPSA) is 62.6 Å². The molecule has 132 valence electrons. The Bertz CT molecular complexity index is 787. The van der Waals surface area contributed by atoms with Crippen LogP contribution in [-0.2, 0) is 0 Å². The van der Waals surface area contributed by atoms with Crippen molar-refractivity contribution in [1.29, 1.82) is 0 Å². The van der Waals surface area contributed by atoms with E-state index in [1.54, 1.807) is 11.0 Å². The molecule has 1 aromatic carbocycles. The monoisotopic (exact) mass is 368 g/mol. The molecule has 8 heteroatoms. The number of halogens is 3. The summed E-state index contributed by atoms with van der Waals surface area (Å²) >= 11 is 5.81. The number of benzene rings is 1. The van der Waals surface area contributed by atoms with Gasteiger partial charge in [-0.25, -0.2) is 8.78 Å². The molecule has 2 aromatic rings. The summed E-state index contributed by atoms with van der Waals surface area (Å²) in [5, 5.41) is 2.60. The van der Waals surface area contributed by atoms with Crippen LogP contribution < -0.4 is 5.32 Å². The van der Waals surface area contributed by atoms with Crippen molar-refractivity contribution < 1.29 is 22.8 Å². The van der Waals surface area contributed by atoms with Crippen molar-refractivity contribution in [2.75, 3.05) is 13.1 Å². The van der Waals surface area contributed by atoms with Crippen LogP contribution in [0.1, 0.15) is 33.6 Å². The minimum absolute atomic E-state index is 0.113. The third-order valence-electron chi connectivity index (χ3n) is 4.14. The van der Waals surface area contributed by atoms with Gasteiger partial charge in [-0.3, -0.25) is 9.59 Å². The number of nitrogens with one attached hydrogen (secondary N) is 1. The molecule has 0 bridgehead atoms. The summed E-state index contributed by atoms with van der Waals surface area (Å²) < 4.78 is 31.3. The van der Waals surface area contributed by atoms with Crippen molar-refractivity contribution >= 4 is 23.4 Å². The highest BCUT2D eigenvalue weighted by molar-refractivity contribution is 6.33. The maximum atomic E-state index is 13.3. The first-order valence-corrected chi connectivity index (χ1v) is 8.10. The molecule has 2 amide bonds. The summed E-state index contributed by atoms with van der Waals surface area (Å²) in [5.41, 5.74) is 0.369. The summed E-state index contributed by atoms with van der Waals surface area (Å²) in [6, 6.07) is 2.98. The molecule has 0 radical (unpaired) electrons.